The maximum atomic E-state index is 12.8. The first-order chi connectivity index (χ1) is 16.7. The lowest BCUT2D eigenvalue weighted by atomic mass is 10.1. The Labute approximate surface area is 216 Å². The molecule has 0 bridgehead atoms. The van der Waals surface area contributed by atoms with E-state index in [9.17, 15) is 18.0 Å². The van der Waals surface area contributed by atoms with Crippen LogP contribution in [0, 0.1) is 0 Å². The summed E-state index contributed by atoms with van der Waals surface area (Å²) in [7, 11) is -2.76. The third-order valence-corrected chi connectivity index (χ3v) is 7.57. The fourth-order valence-corrected chi connectivity index (χ4v) is 5.20. The van der Waals surface area contributed by atoms with Gasteiger partial charge in [0.15, 0.2) is 11.5 Å². The molecule has 7 nitrogen and oxygen atoms in total. The standard InChI is InChI=1S/C24H17Cl2NO6S2/c1-32-21-12-16(4-11-20(21)33-35(30,31)19-9-7-18(26)8-10-19)13-22-23(28)27(24(29)34-22)14-15-2-5-17(25)6-3-15/h2-13H,14H2,1H3/b22-13-. The van der Waals surface area contributed by atoms with Crippen molar-refractivity contribution in [2.75, 3.05) is 7.11 Å². The number of hydrogen-bond acceptors (Lipinski definition) is 7. The number of benzene rings is 3. The van der Waals surface area contributed by atoms with Gasteiger partial charge in [-0.05, 0) is 77.5 Å². The van der Waals surface area contributed by atoms with E-state index in [1.165, 1.54) is 49.6 Å². The molecule has 2 amide bonds. The van der Waals surface area contributed by atoms with Crippen LogP contribution in [0.2, 0.25) is 10.0 Å². The van der Waals surface area contributed by atoms with E-state index in [1.54, 1.807) is 30.3 Å². The van der Waals surface area contributed by atoms with Crippen LogP contribution in [-0.2, 0) is 21.5 Å². The summed E-state index contributed by atoms with van der Waals surface area (Å²) in [6.07, 6.45) is 1.53. The molecular formula is C24H17Cl2NO6S2. The van der Waals surface area contributed by atoms with E-state index in [0.717, 1.165) is 22.2 Å². The van der Waals surface area contributed by atoms with Crippen molar-refractivity contribution in [2.45, 2.75) is 11.4 Å². The third kappa shape index (κ3) is 5.82. The van der Waals surface area contributed by atoms with E-state index in [-0.39, 0.29) is 27.8 Å². The van der Waals surface area contributed by atoms with E-state index in [2.05, 4.69) is 0 Å². The minimum Gasteiger partial charge on any atom is -0.493 e. The quantitative estimate of drug-likeness (QED) is 0.263. The van der Waals surface area contributed by atoms with Crippen molar-refractivity contribution in [3.05, 3.63) is 92.8 Å². The van der Waals surface area contributed by atoms with Crippen molar-refractivity contribution in [3.8, 4) is 11.5 Å². The van der Waals surface area contributed by atoms with E-state index in [0.29, 0.717) is 15.6 Å². The van der Waals surface area contributed by atoms with Crippen molar-refractivity contribution in [3.63, 3.8) is 0 Å². The Morgan fingerprint density at radius 3 is 2.17 bits per heavy atom. The Balaban J connectivity index is 1.54. The molecule has 11 heteroatoms. The van der Waals surface area contributed by atoms with Gasteiger partial charge >= 0.3 is 10.1 Å². The molecule has 0 spiro atoms. The Kier molecular flexibility index (Phi) is 7.42. The van der Waals surface area contributed by atoms with Crippen LogP contribution < -0.4 is 8.92 Å². The molecule has 1 heterocycles. The number of thioether (sulfide) groups is 1. The molecule has 0 unspecified atom stereocenters. The van der Waals surface area contributed by atoms with Gasteiger partial charge < -0.3 is 8.92 Å². The first-order valence-electron chi connectivity index (χ1n) is 10.0. The second kappa shape index (κ2) is 10.3. The zero-order chi connectivity index (χ0) is 25.2. The van der Waals surface area contributed by atoms with Crippen LogP contribution in [0.5, 0.6) is 11.5 Å². The fraction of sp³-hybridized carbons (Fsp3) is 0.0833. The number of amides is 2. The molecule has 35 heavy (non-hydrogen) atoms. The van der Waals surface area contributed by atoms with Crippen molar-refractivity contribution in [2.24, 2.45) is 0 Å². The largest absolute Gasteiger partial charge is 0.493 e. The number of carbonyl (C=O) groups is 2. The molecule has 3 aromatic carbocycles. The van der Waals surface area contributed by atoms with Crippen molar-refractivity contribution in [1.82, 2.24) is 4.90 Å². The summed E-state index contributed by atoms with van der Waals surface area (Å²) in [4.78, 5) is 26.6. The van der Waals surface area contributed by atoms with Gasteiger partial charge in [-0.25, -0.2) is 0 Å². The number of ether oxygens (including phenoxy) is 1. The van der Waals surface area contributed by atoms with Crippen molar-refractivity contribution in [1.29, 1.82) is 0 Å². The van der Waals surface area contributed by atoms with Gasteiger partial charge in [-0.2, -0.15) is 8.42 Å². The topological polar surface area (TPSA) is 90.0 Å². The molecule has 0 aromatic heterocycles. The zero-order valence-corrected chi connectivity index (χ0v) is 21.2. The molecule has 180 valence electrons. The van der Waals surface area contributed by atoms with Crippen LogP contribution in [0.3, 0.4) is 0 Å². The monoisotopic (exact) mass is 549 g/mol. The van der Waals surface area contributed by atoms with E-state index in [1.807, 2.05) is 0 Å². The smallest absolute Gasteiger partial charge is 0.339 e. The minimum atomic E-state index is -4.13. The van der Waals surface area contributed by atoms with E-state index < -0.39 is 21.3 Å². The summed E-state index contributed by atoms with van der Waals surface area (Å²) in [5, 5.41) is 0.561. The average Bonchev–Trinajstić information content (AvgIpc) is 3.08. The Morgan fingerprint density at radius 1 is 0.914 bits per heavy atom. The second-order valence-corrected chi connectivity index (χ2v) is 10.7. The maximum absolute atomic E-state index is 12.8. The number of imide groups is 1. The molecule has 1 saturated heterocycles. The Hall–Kier alpha value is -2.98. The molecule has 0 aliphatic carbocycles. The van der Waals surface area contributed by atoms with Crippen LogP contribution >= 0.6 is 35.0 Å². The Bertz CT molecular complexity index is 1420. The Morgan fingerprint density at radius 2 is 1.54 bits per heavy atom. The molecule has 0 atom stereocenters. The SMILES string of the molecule is COc1cc(/C=C2\SC(=O)N(Cc3ccc(Cl)cc3)C2=O)ccc1OS(=O)(=O)c1ccc(Cl)cc1. The molecule has 3 aromatic rings. The molecular weight excluding hydrogens is 533 g/mol. The molecule has 1 fully saturated rings. The number of hydrogen-bond donors (Lipinski definition) is 0. The number of rotatable bonds is 7. The van der Waals surface area contributed by atoms with Crippen LogP contribution in [0.15, 0.2) is 76.5 Å². The predicted molar refractivity (Wildman–Crippen MR) is 135 cm³/mol. The zero-order valence-electron chi connectivity index (χ0n) is 18.1. The number of nitrogens with zero attached hydrogens (tertiary/aromatic N) is 1. The summed E-state index contributed by atoms with van der Waals surface area (Å²) in [5.74, 6) is -0.327. The summed E-state index contributed by atoms with van der Waals surface area (Å²) in [6, 6.07) is 16.9. The van der Waals surface area contributed by atoms with Gasteiger partial charge in [0.25, 0.3) is 11.1 Å². The van der Waals surface area contributed by atoms with Gasteiger partial charge in [-0.3, -0.25) is 14.5 Å². The average molecular weight is 550 g/mol. The van der Waals surface area contributed by atoms with Crippen molar-refractivity contribution < 1.29 is 26.9 Å². The molecule has 4 rings (SSSR count). The lowest BCUT2D eigenvalue weighted by molar-refractivity contribution is -0.123. The van der Waals surface area contributed by atoms with E-state index in [4.69, 9.17) is 32.1 Å². The minimum absolute atomic E-state index is 0.0320. The summed E-state index contributed by atoms with van der Waals surface area (Å²) in [6.45, 7) is 0.123. The molecule has 0 N–H and O–H groups in total. The van der Waals surface area contributed by atoms with Gasteiger partial charge in [-0.1, -0.05) is 41.4 Å². The van der Waals surface area contributed by atoms with Gasteiger partial charge in [0.2, 0.25) is 0 Å². The van der Waals surface area contributed by atoms with Crippen LogP contribution in [0.25, 0.3) is 6.08 Å². The lowest BCUT2D eigenvalue weighted by Crippen LogP contribution is -2.27. The maximum Gasteiger partial charge on any atom is 0.339 e. The van der Waals surface area contributed by atoms with Crippen LogP contribution in [-0.4, -0.2) is 31.6 Å². The predicted octanol–water partition coefficient (Wildman–Crippen LogP) is 6.01. The molecule has 1 aliphatic rings. The van der Waals surface area contributed by atoms with Crippen LogP contribution in [0.4, 0.5) is 4.79 Å². The number of halogens is 2. The highest BCUT2D eigenvalue weighted by Crippen LogP contribution is 2.36. The highest BCUT2D eigenvalue weighted by Gasteiger charge is 2.35. The molecule has 0 radical (unpaired) electrons. The lowest BCUT2D eigenvalue weighted by Gasteiger charge is -2.12. The van der Waals surface area contributed by atoms with Gasteiger partial charge in [0, 0.05) is 10.0 Å². The third-order valence-electron chi connectivity index (χ3n) is 4.91. The highest BCUT2D eigenvalue weighted by molar-refractivity contribution is 8.18. The summed E-state index contributed by atoms with van der Waals surface area (Å²) < 4.78 is 35.7. The number of methoxy groups -OCH3 is 1. The van der Waals surface area contributed by atoms with Gasteiger partial charge in [0.05, 0.1) is 18.6 Å². The normalized spacial score (nSPS) is 15.1. The van der Waals surface area contributed by atoms with Crippen molar-refractivity contribution >= 4 is 62.3 Å². The van der Waals surface area contributed by atoms with Gasteiger partial charge in [-0.15, -0.1) is 0 Å². The van der Waals surface area contributed by atoms with Gasteiger partial charge in [0.1, 0.15) is 4.90 Å². The molecule has 0 saturated carbocycles. The van der Waals surface area contributed by atoms with Crippen LogP contribution in [0.1, 0.15) is 11.1 Å². The summed E-state index contributed by atoms with van der Waals surface area (Å²) >= 11 is 12.5. The first kappa shape index (κ1) is 25.1. The first-order valence-corrected chi connectivity index (χ1v) is 13.0. The molecule has 1 aliphatic heterocycles. The highest BCUT2D eigenvalue weighted by atomic mass is 35.5. The fourth-order valence-electron chi connectivity index (χ4n) is 3.17. The summed E-state index contributed by atoms with van der Waals surface area (Å²) in [5.41, 5.74) is 1.29. The second-order valence-electron chi connectivity index (χ2n) is 7.30. The number of carbonyl (C=O) groups excluding carboxylic acids is 2. The van der Waals surface area contributed by atoms with E-state index >= 15 is 0 Å².